The maximum absolute atomic E-state index is 11.2. The Bertz CT molecular complexity index is 452. The summed E-state index contributed by atoms with van der Waals surface area (Å²) >= 11 is 3.22. The molecule has 0 radical (unpaired) electrons. The van der Waals surface area contributed by atoms with E-state index in [4.69, 9.17) is 9.84 Å². The van der Waals surface area contributed by atoms with Gasteiger partial charge in [0.1, 0.15) is 0 Å². The summed E-state index contributed by atoms with van der Waals surface area (Å²) in [5.74, 6) is -0.567. The average Bonchev–Trinajstić information content (AvgIpc) is 3.03. The van der Waals surface area contributed by atoms with Crippen LogP contribution in [0.25, 0.3) is 0 Å². The summed E-state index contributed by atoms with van der Waals surface area (Å²) < 4.78 is 5.36. The number of phenolic OH excluding ortho intramolecular Hbond substituents is 1. The van der Waals surface area contributed by atoms with Crippen LogP contribution < -0.4 is 4.74 Å². The van der Waals surface area contributed by atoms with Crippen molar-refractivity contribution in [3.05, 3.63) is 22.2 Å². The molecule has 0 bridgehead atoms. The van der Waals surface area contributed by atoms with Crippen molar-refractivity contribution in [2.24, 2.45) is 0 Å². The Morgan fingerprint density at radius 2 is 2.12 bits per heavy atom. The average molecular weight is 287 g/mol. The number of aromatic hydroxyl groups is 1. The number of carboxylic acid groups (broad SMARTS) is 1. The SMILES string of the molecule is COc1ccc(C2(C(=O)O)CC2)c(Br)c1O. The van der Waals surface area contributed by atoms with Gasteiger partial charge >= 0.3 is 5.97 Å². The second kappa shape index (κ2) is 3.66. The molecule has 16 heavy (non-hydrogen) atoms. The van der Waals surface area contributed by atoms with E-state index in [1.165, 1.54) is 7.11 Å². The number of halogens is 1. The van der Waals surface area contributed by atoms with Crippen molar-refractivity contribution >= 4 is 21.9 Å². The molecule has 86 valence electrons. The molecule has 1 fully saturated rings. The first-order valence-electron chi connectivity index (χ1n) is 4.82. The molecule has 0 unspecified atom stereocenters. The van der Waals surface area contributed by atoms with Gasteiger partial charge in [-0.05, 0) is 40.4 Å². The Balaban J connectivity index is 2.52. The molecule has 5 heteroatoms. The lowest BCUT2D eigenvalue weighted by Gasteiger charge is -2.15. The summed E-state index contributed by atoms with van der Waals surface area (Å²) in [4.78, 5) is 11.2. The number of phenols is 1. The first-order chi connectivity index (χ1) is 7.53. The van der Waals surface area contributed by atoms with Crippen LogP contribution in [0.4, 0.5) is 0 Å². The van der Waals surface area contributed by atoms with Crippen molar-refractivity contribution < 1.29 is 19.7 Å². The molecule has 2 N–H and O–H groups in total. The highest BCUT2D eigenvalue weighted by Crippen LogP contribution is 2.53. The molecule has 0 spiro atoms. The summed E-state index contributed by atoms with van der Waals surface area (Å²) in [7, 11) is 1.45. The van der Waals surface area contributed by atoms with Gasteiger partial charge in [0, 0.05) is 0 Å². The normalized spacial score (nSPS) is 16.9. The van der Waals surface area contributed by atoms with Gasteiger partial charge in [0.05, 0.1) is 17.0 Å². The Morgan fingerprint density at radius 3 is 2.56 bits per heavy atom. The molecule has 0 amide bonds. The number of hydrogen-bond donors (Lipinski definition) is 2. The molecule has 0 saturated heterocycles. The number of aliphatic carboxylic acids is 1. The van der Waals surface area contributed by atoms with E-state index in [2.05, 4.69) is 15.9 Å². The molecule has 1 saturated carbocycles. The first-order valence-corrected chi connectivity index (χ1v) is 5.61. The van der Waals surface area contributed by atoms with E-state index in [-0.39, 0.29) is 5.75 Å². The fourth-order valence-corrected chi connectivity index (χ4v) is 2.51. The molecule has 2 rings (SSSR count). The van der Waals surface area contributed by atoms with Crippen LogP contribution >= 0.6 is 15.9 Å². The largest absolute Gasteiger partial charge is 0.503 e. The predicted molar refractivity (Wildman–Crippen MR) is 60.9 cm³/mol. The molecule has 1 aliphatic carbocycles. The molecule has 0 aliphatic heterocycles. The fourth-order valence-electron chi connectivity index (χ4n) is 1.80. The van der Waals surface area contributed by atoms with Gasteiger partial charge in [-0.2, -0.15) is 0 Å². The number of hydrogen-bond acceptors (Lipinski definition) is 3. The van der Waals surface area contributed by atoms with Crippen molar-refractivity contribution in [3.63, 3.8) is 0 Å². The minimum Gasteiger partial charge on any atom is -0.503 e. The van der Waals surface area contributed by atoms with Crippen LogP contribution in [0.3, 0.4) is 0 Å². The monoisotopic (exact) mass is 286 g/mol. The number of methoxy groups -OCH3 is 1. The van der Waals surface area contributed by atoms with Gasteiger partial charge in [-0.25, -0.2) is 0 Å². The van der Waals surface area contributed by atoms with Crippen LogP contribution in [0.2, 0.25) is 0 Å². The van der Waals surface area contributed by atoms with Crippen molar-refractivity contribution in [3.8, 4) is 11.5 Å². The number of rotatable bonds is 3. The lowest BCUT2D eigenvalue weighted by molar-refractivity contribution is -0.140. The second-order valence-corrected chi connectivity index (χ2v) is 4.66. The zero-order valence-corrected chi connectivity index (χ0v) is 10.2. The van der Waals surface area contributed by atoms with Gasteiger partial charge in [0.2, 0.25) is 0 Å². The van der Waals surface area contributed by atoms with Gasteiger partial charge in [0.25, 0.3) is 0 Å². The third-order valence-electron chi connectivity index (χ3n) is 2.97. The highest BCUT2D eigenvalue weighted by atomic mass is 79.9. The quantitative estimate of drug-likeness (QED) is 0.895. The summed E-state index contributed by atoms with van der Waals surface area (Å²) in [5.41, 5.74) is -0.221. The fraction of sp³-hybridized carbons (Fsp3) is 0.364. The minimum atomic E-state index is -0.849. The number of carbonyl (C=O) groups is 1. The van der Waals surface area contributed by atoms with E-state index < -0.39 is 11.4 Å². The lowest BCUT2D eigenvalue weighted by Crippen LogP contribution is -2.20. The molecular formula is C11H11BrO4. The molecule has 1 aromatic rings. The molecule has 1 aromatic carbocycles. The van der Waals surface area contributed by atoms with Gasteiger partial charge in [-0.15, -0.1) is 0 Å². The summed E-state index contributed by atoms with van der Waals surface area (Å²) in [6, 6.07) is 3.27. The number of benzene rings is 1. The summed E-state index contributed by atoms with van der Waals surface area (Å²) in [6.45, 7) is 0. The van der Waals surface area contributed by atoms with Crippen molar-refractivity contribution in [1.82, 2.24) is 0 Å². The van der Waals surface area contributed by atoms with Crippen molar-refractivity contribution in [1.29, 1.82) is 0 Å². The summed E-state index contributed by atoms with van der Waals surface area (Å²) in [5, 5.41) is 19.0. The Labute approximate surface area is 101 Å². The van der Waals surface area contributed by atoms with E-state index in [1.807, 2.05) is 0 Å². The topological polar surface area (TPSA) is 66.8 Å². The minimum absolute atomic E-state index is 0.0486. The van der Waals surface area contributed by atoms with Crippen LogP contribution in [-0.4, -0.2) is 23.3 Å². The van der Waals surface area contributed by atoms with E-state index in [0.29, 0.717) is 28.6 Å². The smallest absolute Gasteiger partial charge is 0.314 e. The standard InChI is InChI=1S/C11H11BrO4/c1-16-7-3-2-6(8(12)9(7)13)11(4-5-11)10(14)15/h2-3,13H,4-5H2,1H3,(H,14,15). The van der Waals surface area contributed by atoms with E-state index in [1.54, 1.807) is 12.1 Å². The van der Waals surface area contributed by atoms with Crippen LogP contribution in [0, 0.1) is 0 Å². The zero-order valence-electron chi connectivity index (χ0n) is 8.66. The Hall–Kier alpha value is -1.23. The van der Waals surface area contributed by atoms with Crippen LogP contribution in [0.15, 0.2) is 16.6 Å². The Kier molecular flexibility index (Phi) is 2.58. The maximum atomic E-state index is 11.2. The zero-order chi connectivity index (χ0) is 11.9. The van der Waals surface area contributed by atoms with Gasteiger partial charge in [-0.1, -0.05) is 6.07 Å². The van der Waals surface area contributed by atoms with Crippen molar-refractivity contribution in [2.45, 2.75) is 18.3 Å². The molecule has 0 aromatic heterocycles. The van der Waals surface area contributed by atoms with Crippen LogP contribution in [0.1, 0.15) is 18.4 Å². The molecule has 1 aliphatic rings. The van der Waals surface area contributed by atoms with Crippen LogP contribution in [0.5, 0.6) is 11.5 Å². The van der Waals surface area contributed by atoms with Crippen molar-refractivity contribution in [2.75, 3.05) is 7.11 Å². The van der Waals surface area contributed by atoms with Gasteiger partial charge in [0.15, 0.2) is 11.5 Å². The highest BCUT2D eigenvalue weighted by molar-refractivity contribution is 9.10. The third-order valence-corrected chi connectivity index (χ3v) is 3.78. The highest BCUT2D eigenvalue weighted by Gasteiger charge is 2.53. The predicted octanol–water partition coefficient (Wildman–Crippen LogP) is 2.28. The molecule has 4 nitrogen and oxygen atoms in total. The van der Waals surface area contributed by atoms with E-state index in [0.717, 1.165) is 0 Å². The maximum Gasteiger partial charge on any atom is 0.314 e. The van der Waals surface area contributed by atoms with Gasteiger partial charge < -0.3 is 14.9 Å². The first kappa shape index (κ1) is 11.3. The molecule has 0 atom stereocenters. The lowest BCUT2D eigenvalue weighted by atomic mass is 9.96. The molecular weight excluding hydrogens is 276 g/mol. The van der Waals surface area contributed by atoms with E-state index >= 15 is 0 Å². The second-order valence-electron chi connectivity index (χ2n) is 3.87. The van der Waals surface area contributed by atoms with Crippen LogP contribution in [-0.2, 0) is 10.2 Å². The number of carboxylic acids is 1. The van der Waals surface area contributed by atoms with E-state index in [9.17, 15) is 9.90 Å². The molecule has 0 heterocycles. The summed E-state index contributed by atoms with van der Waals surface area (Å²) in [6.07, 6.45) is 1.21. The third kappa shape index (κ3) is 1.46. The van der Waals surface area contributed by atoms with Gasteiger partial charge in [-0.3, -0.25) is 4.79 Å². The Morgan fingerprint density at radius 1 is 1.50 bits per heavy atom. The number of ether oxygens (including phenoxy) is 1.